The Morgan fingerprint density at radius 1 is 1.41 bits per heavy atom. The Bertz CT molecular complexity index is 258. The molecule has 0 bridgehead atoms. The van der Waals surface area contributed by atoms with Crippen LogP contribution in [0.2, 0.25) is 0 Å². The number of hydrogen-bond donors (Lipinski definition) is 1. The highest BCUT2D eigenvalue weighted by Gasteiger charge is 2.16. The van der Waals surface area contributed by atoms with Crippen LogP contribution in [0.4, 0.5) is 0 Å². The van der Waals surface area contributed by atoms with E-state index >= 15 is 0 Å². The van der Waals surface area contributed by atoms with Gasteiger partial charge in [0.05, 0.1) is 11.5 Å². The molecule has 0 rings (SSSR count). The maximum absolute atomic E-state index is 11.9. The van der Waals surface area contributed by atoms with Crippen LogP contribution in [0.15, 0.2) is 0 Å². The average molecular weight is 259 g/mol. The van der Waals surface area contributed by atoms with Crippen molar-refractivity contribution < 1.29 is 4.79 Å². The topological polar surface area (TPSA) is 49.6 Å². The molecule has 0 aliphatic rings. The Balaban J connectivity index is 4.16. The summed E-state index contributed by atoms with van der Waals surface area (Å²) in [5, 5.41) is 0. The van der Waals surface area contributed by atoms with Gasteiger partial charge in [-0.1, -0.05) is 26.1 Å². The van der Waals surface area contributed by atoms with Gasteiger partial charge in [0.25, 0.3) is 0 Å². The monoisotopic (exact) mass is 259 g/mol. The van der Waals surface area contributed by atoms with Crippen LogP contribution >= 0.6 is 12.2 Å². The van der Waals surface area contributed by atoms with Crippen LogP contribution in [0, 0.1) is 0 Å². The lowest BCUT2D eigenvalue weighted by Gasteiger charge is -2.28. The lowest BCUT2D eigenvalue weighted by Crippen LogP contribution is -2.42. The van der Waals surface area contributed by atoms with Crippen molar-refractivity contribution in [1.29, 1.82) is 0 Å². The van der Waals surface area contributed by atoms with Gasteiger partial charge >= 0.3 is 0 Å². The van der Waals surface area contributed by atoms with Crippen LogP contribution in [-0.4, -0.2) is 53.4 Å². The summed E-state index contributed by atoms with van der Waals surface area (Å²) in [7, 11) is 1.80. The number of amides is 1. The molecule has 1 atom stereocenters. The zero-order chi connectivity index (χ0) is 13.4. The summed E-state index contributed by atoms with van der Waals surface area (Å²) < 4.78 is 0. The summed E-state index contributed by atoms with van der Waals surface area (Å²) >= 11 is 4.80. The van der Waals surface area contributed by atoms with Gasteiger partial charge in [0, 0.05) is 26.1 Å². The second-order valence-electron chi connectivity index (χ2n) is 4.35. The van der Waals surface area contributed by atoms with Crippen molar-refractivity contribution in [2.75, 3.05) is 26.7 Å². The normalized spacial score (nSPS) is 12.5. The lowest BCUT2D eigenvalue weighted by atomic mass is 10.2. The Labute approximate surface area is 110 Å². The molecule has 2 N–H and O–H groups in total. The molecule has 17 heavy (non-hydrogen) atoms. The Hall–Kier alpha value is -0.680. The van der Waals surface area contributed by atoms with E-state index in [9.17, 15) is 4.79 Å². The van der Waals surface area contributed by atoms with E-state index in [-0.39, 0.29) is 5.91 Å². The number of nitrogens with zero attached hydrogens (tertiary/aromatic N) is 2. The number of hydrogen-bond acceptors (Lipinski definition) is 3. The molecule has 1 unspecified atom stereocenters. The van der Waals surface area contributed by atoms with Crippen molar-refractivity contribution in [3.8, 4) is 0 Å². The first-order valence-corrected chi connectivity index (χ1v) is 6.59. The van der Waals surface area contributed by atoms with Gasteiger partial charge in [0.15, 0.2) is 0 Å². The standard InChI is InChI=1S/C12H25N3OS/c1-5-10(3)15(6-2)9-12(16)14(4)8-7-11(13)17/h10H,5-9H2,1-4H3,(H2,13,17). The minimum atomic E-state index is 0.128. The molecule has 0 heterocycles. The zero-order valence-corrected chi connectivity index (χ0v) is 12.2. The minimum absolute atomic E-state index is 0.128. The maximum Gasteiger partial charge on any atom is 0.236 e. The van der Waals surface area contributed by atoms with Crippen LogP contribution in [0.1, 0.15) is 33.6 Å². The largest absolute Gasteiger partial charge is 0.393 e. The van der Waals surface area contributed by atoms with Gasteiger partial charge in [-0.25, -0.2) is 0 Å². The summed E-state index contributed by atoms with van der Waals surface area (Å²) in [6.45, 7) is 8.32. The van der Waals surface area contributed by atoms with E-state index < -0.39 is 0 Å². The van der Waals surface area contributed by atoms with E-state index in [1.807, 2.05) is 0 Å². The molecule has 0 aromatic carbocycles. The highest BCUT2D eigenvalue weighted by Crippen LogP contribution is 2.03. The highest BCUT2D eigenvalue weighted by molar-refractivity contribution is 7.80. The smallest absolute Gasteiger partial charge is 0.236 e. The quantitative estimate of drug-likeness (QED) is 0.666. The third-order valence-electron chi connectivity index (χ3n) is 3.08. The Morgan fingerprint density at radius 2 is 2.00 bits per heavy atom. The molecular weight excluding hydrogens is 234 g/mol. The molecule has 1 amide bonds. The Kier molecular flexibility index (Phi) is 8.08. The number of carbonyl (C=O) groups is 1. The van der Waals surface area contributed by atoms with Gasteiger partial charge in [0.2, 0.25) is 5.91 Å². The molecule has 0 fully saturated rings. The van der Waals surface area contributed by atoms with Gasteiger partial charge in [-0.05, 0) is 19.9 Å². The van der Waals surface area contributed by atoms with E-state index in [0.717, 1.165) is 13.0 Å². The predicted molar refractivity (Wildman–Crippen MR) is 76.0 cm³/mol. The summed E-state index contributed by atoms with van der Waals surface area (Å²) in [5.41, 5.74) is 5.42. The summed E-state index contributed by atoms with van der Waals surface area (Å²) in [5.74, 6) is 0.128. The van der Waals surface area contributed by atoms with E-state index in [4.69, 9.17) is 18.0 Å². The van der Waals surface area contributed by atoms with Crippen molar-refractivity contribution in [1.82, 2.24) is 9.80 Å². The SMILES string of the molecule is CCC(C)N(CC)CC(=O)N(C)CCC(N)=S. The fourth-order valence-corrected chi connectivity index (χ4v) is 1.63. The molecule has 0 aliphatic carbocycles. The highest BCUT2D eigenvalue weighted by atomic mass is 32.1. The van der Waals surface area contributed by atoms with E-state index in [1.54, 1.807) is 11.9 Å². The lowest BCUT2D eigenvalue weighted by molar-refractivity contribution is -0.131. The molecule has 0 aromatic rings. The molecule has 5 heteroatoms. The van der Waals surface area contributed by atoms with Crippen LogP contribution in [0.5, 0.6) is 0 Å². The number of thiocarbonyl (C=S) groups is 1. The Morgan fingerprint density at radius 3 is 2.41 bits per heavy atom. The van der Waals surface area contributed by atoms with E-state index in [1.165, 1.54) is 0 Å². The summed E-state index contributed by atoms with van der Waals surface area (Å²) in [6.07, 6.45) is 1.64. The van der Waals surface area contributed by atoms with Gasteiger partial charge in [0.1, 0.15) is 0 Å². The van der Waals surface area contributed by atoms with E-state index in [2.05, 4.69) is 25.7 Å². The summed E-state index contributed by atoms with van der Waals surface area (Å²) in [6, 6.07) is 0.438. The third-order valence-corrected chi connectivity index (χ3v) is 3.28. The number of likely N-dealkylation sites (N-methyl/N-ethyl adjacent to an activating group) is 2. The number of rotatable bonds is 8. The number of nitrogens with two attached hydrogens (primary N) is 1. The van der Waals surface area contributed by atoms with Crippen LogP contribution in [0.3, 0.4) is 0 Å². The molecular formula is C12H25N3OS. The van der Waals surface area contributed by atoms with Gasteiger partial charge in [-0.2, -0.15) is 0 Å². The molecule has 0 saturated carbocycles. The van der Waals surface area contributed by atoms with Crippen LogP contribution in [-0.2, 0) is 4.79 Å². The predicted octanol–water partition coefficient (Wildman–Crippen LogP) is 1.24. The third kappa shape index (κ3) is 6.58. The van der Waals surface area contributed by atoms with Crippen molar-refractivity contribution in [2.24, 2.45) is 5.73 Å². The van der Waals surface area contributed by atoms with Crippen molar-refractivity contribution >= 4 is 23.1 Å². The first-order chi connectivity index (χ1) is 7.92. The first-order valence-electron chi connectivity index (χ1n) is 6.18. The number of carbonyl (C=O) groups excluding carboxylic acids is 1. The maximum atomic E-state index is 11.9. The summed E-state index contributed by atoms with van der Waals surface area (Å²) in [4.78, 5) is 16.3. The van der Waals surface area contributed by atoms with E-state index in [0.29, 0.717) is 30.5 Å². The molecule has 0 spiro atoms. The van der Waals surface area contributed by atoms with Gasteiger partial charge in [-0.3, -0.25) is 9.69 Å². The molecule has 0 aliphatic heterocycles. The fraction of sp³-hybridized carbons (Fsp3) is 0.833. The second kappa shape index (κ2) is 8.42. The van der Waals surface area contributed by atoms with Crippen LogP contribution < -0.4 is 5.73 Å². The fourth-order valence-electron chi connectivity index (χ4n) is 1.53. The zero-order valence-electron chi connectivity index (χ0n) is 11.4. The van der Waals surface area contributed by atoms with Crippen molar-refractivity contribution in [2.45, 2.75) is 39.7 Å². The van der Waals surface area contributed by atoms with Gasteiger partial charge < -0.3 is 10.6 Å². The minimum Gasteiger partial charge on any atom is -0.393 e. The molecule has 100 valence electrons. The van der Waals surface area contributed by atoms with Crippen LogP contribution in [0.25, 0.3) is 0 Å². The van der Waals surface area contributed by atoms with Gasteiger partial charge in [-0.15, -0.1) is 0 Å². The molecule has 0 aromatic heterocycles. The first kappa shape index (κ1) is 16.3. The average Bonchev–Trinajstić information content (AvgIpc) is 2.31. The second-order valence-corrected chi connectivity index (χ2v) is 4.88. The molecule has 0 saturated heterocycles. The van der Waals surface area contributed by atoms with Crippen molar-refractivity contribution in [3.63, 3.8) is 0 Å². The molecule has 0 radical (unpaired) electrons. The van der Waals surface area contributed by atoms with Crippen molar-refractivity contribution in [3.05, 3.63) is 0 Å². The molecule has 4 nitrogen and oxygen atoms in total.